The van der Waals surface area contributed by atoms with Crippen LogP contribution in [-0.2, 0) is 6.61 Å². The Hall–Kier alpha value is -2.96. The van der Waals surface area contributed by atoms with Crippen molar-refractivity contribution in [2.24, 2.45) is 0 Å². The molecule has 0 bridgehead atoms. The molecule has 0 spiro atoms. The Morgan fingerprint density at radius 2 is 1.90 bits per heavy atom. The van der Waals surface area contributed by atoms with Gasteiger partial charge in [0.25, 0.3) is 0 Å². The van der Waals surface area contributed by atoms with Gasteiger partial charge in [0.2, 0.25) is 0 Å². The maximum absolute atomic E-state index is 14.2. The van der Waals surface area contributed by atoms with E-state index in [0.29, 0.717) is 39.9 Å². The van der Waals surface area contributed by atoms with Crippen molar-refractivity contribution in [2.75, 3.05) is 0 Å². The molecule has 1 aromatic heterocycles. The number of carboxylic acid groups (broad SMARTS) is 1. The van der Waals surface area contributed by atoms with Crippen LogP contribution in [0.4, 0.5) is 4.39 Å². The molecule has 5 nitrogen and oxygen atoms in total. The molecule has 0 fully saturated rings. The van der Waals surface area contributed by atoms with E-state index in [1.807, 2.05) is 0 Å². The molecule has 0 radical (unpaired) electrons. The molecule has 4 rings (SSSR count). The number of hydrogen-bond acceptors (Lipinski definition) is 4. The predicted molar refractivity (Wildman–Crippen MR) is 117 cm³/mol. The van der Waals surface area contributed by atoms with E-state index < -0.39 is 11.8 Å². The summed E-state index contributed by atoms with van der Waals surface area (Å²) in [6, 6.07) is 9.48. The molecule has 0 saturated heterocycles. The zero-order valence-corrected chi connectivity index (χ0v) is 17.8. The Morgan fingerprint density at radius 3 is 2.68 bits per heavy atom. The summed E-state index contributed by atoms with van der Waals surface area (Å²) in [7, 11) is 0. The monoisotopic (exact) mass is 458 g/mol. The minimum atomic E-state index is -1.15. The second-order valence-electron chi connectivity index (χ2n) is 7.07. The van der Waals surface area contributed by atoms with Gasteiger partial charge >= 0.3 is 5.97 Å². The molecule has 0 atom stereocenters. The van der Waals surface area contributed by atoms with Gasteiger partial charge in [0, 0.05) is 21.2 Å². The van der Waals surface area contributed by atoms with Gasteiger partial charge in [-0.15, -0.1) is 0 Å². The lowest BCUT2D eigenvalue weighted by atomic mass is 9.99. The van der Waals surface area contributed by atoms with Gasteiger partial charge in [-0.05, 0) is 60.7 Å². The van der Waals surface area contributed by atoms with Crippen LogP contribution in [-0.4, -0.2) is 21.0 Å². The van der Waals surface area contributed by atoms with E-state index in [1.165, 1.54) is 24.5 Å². The molecule has 2 aromatic carbocycles. The fourth-order valence-electron chi connectivity index (χ4n) is 3.60. The Kier molecular flexibility index (Phi) is 6.20. The number of carboxylic acids is 1. The average molecular weight is 459 g/mol. The highest BCUT2D eigenvalue weighted by molar-refractivity contribution is 6.35. The fraction of sp³-hybridized carbons (Fsp3) is 0.174. The third kappa shape index (κ3) is 4.70. The molecule has 1 heterocycles. The molecule has 0 amide bonds. The molecule has 1 N–H and O–H groups in total. The van der Waals surface area contributed by atoms with Crippen molar-refractivity contribution in [1.82, 2.24) is 9.97 Å². The van der Waals surface area contributed by atoms with Crippen LogP contribution in [0.2, 0.25) is 10.0 Å². The van der Waals surface area contributed by atoms with E-state index in [1.54, 1.807) is 24.3 Å². The number of ether oxygens (including phenoxy) is 1. The topological polar surface area (TPSA) is 72.3 Å². The largest absolute Gasteiger partial charge is 0.488 e. The van der Waals surface area contributed by atoms with Crippen molar-refractivity contribution in [1.29, 1.82) is 0 Å². The summed E-state index contributed by atoms with van der Waals surface area (Å²) in [5.74, 6) is -1.04. The highest BCUT2D eigenvalue weighted by Gasteiger charge is 2.23. The zero-order chi connectivity index (χ0) is 22.0. The molecule has 0 saturated carbocycles. The molecule has 0 aliphatic heterocycles. The minimum absolute atomic E-state index is 0.135. The number of nitrogens with zero attached hydrogens (tertiary/aromatic N) is 2. The lowest BCUT2D eigenvalue weighted by Gasteiger charge is -2.15. The number of halogens is 3. The summed E-state index contributed by atoms with van der Waals surface area (Å²) in [4.78, 5) is 19.5. The Bertz CT molecular complexity index is 1200. The first-order chi connectivity index (χ1) is 14.9. The second kappa shape index (κ2) is 9.04. The van der Waals surface area contributed by atoms with Gasteiger partial charge in [0.1, 0.15) is 18.2 Å². The molecule has 1 aliphatic carbocycles. The zero-order valence-electron chi connectivity index (χ0n) is 16.2. The van der Waals surface area contributed by atoms with Gasteiger partial charge in [-0.2, -0.15) is 0 Å². The van der Waals surface area contributed by atoms with E-state index in [0.717, 1.165) is 23.1 Å². The molecule has 158 valence electrons. The molecule has 1 aliphatic rings. The van der Waals surface area contributed by atoms with E-state index in [4.69, 9.17) is 27.9 Å². The summed E-state index contributed by atoms with van der Waals surface area (Å²) in [5.41, 5.74) is 3.42. The molecular weight excluding hydrogens is 442 g/mol. The van der Waals surface area contributed by atoms with Crippen molar-refractivity contribution < 1.29 is 19.0 Å². The van der Waals surface area contributed by atoms with Crippen LogP contribution in [0.3, 0.4) is 0 Å². The van der Waals surface area contributed by atoms with Crippen molar-refractivity contribution >= 4 is 40.3 Å². The van der Waals surface area contributed by atoms with Crippen LogP contribution in [0.15, 0.2) is 48.8 Å². The quantitative estimate of drug-likeness (QED) is 0.469. The van der Waals surface area contributed by atoms with Crippen LogP contribution in [0.5, 0.6) is 5.75 Å². The van der Waals surface area contributed by atoms with E-state index in [-0.39, 0.29) is 12.3 Å². The van der Waals surface area contributed by atoms with Gasteiger partial charge in [-0.1, -0.05) is 29.3 Å². The summed E-state index contributed by atoms with van der Waals surface area (Å²) < 4.78 is 20.2. The Balaban J connectivity index is 1.71. The summed E-state index contributed by atoms with van der Waals surface area (Å²) in [6.45, 7) is 0.186. The van der Waals surface area contributed by atoms with Gasteiger partial charge < -0.3 is 9.84 Å². The maximum atomic E-state index is 14.2. The van der Waals surface area contributed by atoms with Crippen molar-refractivity contribution in [3.05, 3.63) is 87.2 Å². The number of allylic oxidation sites excluding steroid dienone is 2. The lowest BCUT2D eigenvalue weighted by Crippen LogP contribution is -2.04. The number of benzene rings is 2. The van der Waals surface area contributed by atoms with Crippen LogP contribution in [0.25, 0.3) is 11.1 Å². The van der Waals surface area contributed by atoms with Gasteiger partial charge in [-0.25, -0.2) is 14.2 Å². The molecule has 0 unspecified atom stereocenters. The van der Waals surface area contributed by atoms with Crippen molar-refractivity contribution in [2.45, 2.75) is 25.9 Å². The molecule has 31 heavy (non-hydrogen) atoms. The average Bonchev–Trinajstić information content (AvgIpc) is 3.23. The predicted octanol–water partition coefficient (Wildman–Crippen LogP) is 6.29. The summed E-state index contributed by atoms with van der Waals surface area (Å²) in [5, 5.41) is 10.2. The number of rotatable bonds is 6. The van der Waals surface area contributed by atoms with Crippen LogP contribution in [0.1, 0.15) is 46.6 Å². The second-order valence-corrected chi connectivity index (χ2v) is 7.91. The Labute approximate surface area is 188 Å². The van der Waals surface area contributed by atoms with Gasteiger partial charge in [0.05, 0.1) is 18.1 Å². The summed E-state index contributed by atoms with van der Waals surface area (Å²) in [6.07, 6.45) is 4.94. The molecular formula is C23H17Cl2FN2O3. The normalized spacial score (nSPS) is 13.5. The van der Waals surface area contributed by atoms with Crippen LogP contribution < -0.4 is 4.74 Å². The number of hydrogen-bond donors (Lipinski definition) is 1. The first-order valence-electron chi connectivity index (χ1n) is 9.57. The number of carbonyl (C=O) groups is 1. The van der Waals surface area contributed by atoms with E-state index in [9.17, 15) is 14.3 Å². The summed E-state index contributed by atoms with van der Waals surface area (Å²) >= 11 is 12.2. The van der Waals surface area contributed by atoms with Gasteiger partial charge in [-0.3, -0.25) is 4.98 Å². The fourth-order valence-corrected chi connectivity index (χ4v) is 4.06. The van der Waals surface area contributed by atoms with Crippen LogP contribution >= 0.6 is 23.2 Å². The van der Waals surface area contributed by atoms with Crippen molar-refractivity contribution in [3.63, 3.8) is 0 Å². The smallest absolute Gasteiger partial charge is 0.356 e. The third-order valence-corrected chi connectivity index (χ3v) is 5.63. The molecule has 8 heteroatoms. The lowest BCUT2D eigenvalue weighted by molar-refractivity contribution is 0.0690. The maximum Gasteiger partial charge on any atom is 0.356 e. The van der Waals surface area contributed by atoms with Crippen LogP contribution in [0, 0.1) is 5.82 Å². The van der Waals surface area contributed by atoms with E-state index >= 15 is 0 Å². The highest BCUT2D eigenvalue weighted by atomic mass is 35.5. The highest BCUT2D eigenvalue weighted by Crippen LogP contribution is 2.42. The van der Waals surface area contributed by atoms with Gasteiger partial charge in [0.15, 0.2) is 5.69 Å². The standard InChI is InChI=1S/C23H17Cl2FN2O3/c24-14-5-4-13(19(25)8-14)12-31-22-7-6-15(26)9-18(22)16-2-1-3-17(16)20-10-27-11-21(28-20)23(29)30/h4-11H,1-3,12H2,(H,29,30). The van der Waals surface area contributed by atoms with E-state index in [2.05, 4.69) is 9.97 Å². The number of aromatic carboxylic acids is 1. The first-order valence-corrected chi connectivity index (χ1v) is 10.3. The molecule has 3 aromatic rings. The van der Waals surface area contributed by atoms with Crippen molar-refractivity contribution in [3.8, 4) is 5.75 Å². The SMILES string of the molecule is O=C(O)c1cncc(C2=C(c3cc(F)ccc3OCc3ccc(Cl)cc3Cl)CCC2)n1. The first kappa shape index (κ1) is 21.3. The minimum Gasteiger partial charge on any atom is -0.488 e. The third-order valence-electron chi connectivity index (χ3n) is 5.05. The number of aromatic nitrogens is 2. The Morgan fingerprint density at radius 1 is 1.10 bits per heavy atom.